The first kappa shape index (κ1) is 18.5. The highest BCUT2D eigenvalue weighted by molar-refractivity contribution is 5.83. The van der Waals surface area contributed by atoms with E-state index in [1.807, 2.05) is 30.3 Å². The number of rotatable bonds is 6. The van der Waals surface area contributed by atoms with E-state index in [1.54, 1.807) is 0 Å². The molecule has 0 bridgehead atoms. The van der Waals surface area contributed by atoms with Crippen molar-refractivity contribution in [1.29, 1.82) is 0 Å². The number of benzene rings is 2. The lowest BCUT2D eigenvalue weighted by Crippen LogP contribution is -2.39. The fourth-order valence-electron chi connectivity index (χ4n) is 2.55. The molecule has 0 aliphatic heterocycles. The number of carbonyl (C=O) groups is 1. The highest BCUT2D eigenvalue weighted by Gasteiger charge is 2.36. The van der Waals surface area contributed by atoms with Gasteiger partial charge >= 0.3 is 5.97 Å². The molecule has 2 aromatic carbocycles. The van der Waals surface area contributed by atoms with Gasteiger partial charge in [-0.25, -0.2) is 14.2 Å². The first-order valence-electron chi connectivity index (χ1n) is 8.26. The number of aromatic nitrogens is 1. The second-order valence-electron chi connectivity index (χ2n) is 5.98. The van der Waals surface area contributed by atoms with Gasteiger partial charge in [0, 0.05) is 5.56 Å². The summed E-state index contributed by atoms with van der Waals surface area (Å²) >= 11 is 0. The molecule has 27 heavy (non-hydrogen) atoms. The lowest BCUT2D eigenvalue weighted by Gasteiger charge is -2.20. The van der Waals surface area contributed by atoms with Gasteiger partial charge in [-0.2, -0.15) is 0 Å². The Hall–Kier alpha value is -3.25. The third-order valence-corrected chi connectivity index (χ3v) is 3.98. The van der Waals surface area contributed by atoms with Crippen LogP contribution in [0.15, 0.2) is 71.3 Å². The molecular weight excluding hydrogens is 349 g/mol. The summed E-state index contributed by atoms with van der Waals surface area (Å²) in [6.45, 7) is 0. The zero-order chi connectivity index (χ0) is 19.3. The van der Waals surface area contributed by atoms with Crippen LogP contribution in [-0.4, -0.2) is 28.8 Å². The third kappa shape index (κ3) is 4.48. The monoisotopic (exact) mass is 367 g/mol. The van der Waals surface area contributed by atoms with Gasteiger partial charge in [-0.15, -0.1) is 0 Å². The Kier molecular flexibility index (Phi) is 5.47. The topological polar surface area (TPSA) is 72.6 Å². The molecule has 3 aromatic rings. The Morgan fingerprint density at radius 3 is 2.59 bits per heavy atom. The van der Waals surface area contributed by atoms with Gasteiger partial charge in [0.25, 0.3) is 0 Å². The molecule has 3 rings (SSSR count). The van der Waals surface area contributed by atoms with Gasteiger partial charge in [-0.1, -0.05) is 36.4 Å². The number of esters is 1. The van der Waals surface area contributed by atoms with Crippen molar-refractivity contribution >= 4 is 12.0 Å². The van der Waals surface area contributed by atoms with Crippen LogP contribution in [-0.2, 0) is 16.0 Å². The number of nitrogens with zero attached hydrogens (tertiary/aromatic N) is 1. The highest BCUT2D eigenvalue weighted by Crippen LogP contribution is 2.23. The molecule has 0 aliphatic carbocycles. The average Bonchev–Trinajstić information content (AvgIpc) is 3.16. The quantitative estimate of drug-likeness (QED) is 0.674. The molecule has 6 heteroatoms. The molecule has 0 radical (unpaired) electrons. The van der Waals surface area contributed by atoms with Gasteiger partial charge in [0.2, 0.25) is 5.89 Å². The minimum Gasteiger partial charge on any atom is -0.467 e. The molecule has 0 spiro atoms. The van der Waals surface area contributed by atoms with Crippen LogP contribution in [0.4, 0.5) is 4.39 Å². The summed E-state index contributed by atoms with van der Waals surface area (Å²) < 4.78 is 23.4. The van der Waals surface area contributed by atoms with Gasteiger partial charge in [-0.3, -0.25) is 0 Å². The molecule has 0 unspecified atom stereocenters. The molecule has 0 saturated heterocycles. The van der Waals surface area contributed by atoms with E-state index in [9.17, 15) is 14.3 Å². The van der Waals surface area contributed by atoms with Crippen molar-refractivity contribution in [3.05, 3.63) is 84.0 Å². The number of carbonyl (C=O) groups excluding carboxylic acids is 1. The highest BCUT2D eigenvalue weighted by atomic mass is 19.1. The molecule has 0 aliphatic rings. The van der Waals surface area contributed by atoms with E-state index in [-0.39, 0.29) is 12.2 Å². The second kappa shape index (κ2) is 7.97. The number of methoxy groups -OCH3 is 1. The van der Waals surface area contributed by atoms with Crippen LogP contribution in [0.5, 0.6) is 0 Å². The average molecular weight is 367 g/mol. The molecule has 1 atom stereocenters. The Morgan fingerprint density at radius 2 is 1.93 bits per heavy atom. The summed E-state index contributed by atoms with van der Waals surface area (Å²) in [7, 11) is 1.19. The maximum absolute atomic E-state index is 13.0. The van der Waals surface area contributed by atoms with Crippen LogP contribution in [0.3, 0.4) is 0 Å². The van der Waals surface area contributed by atoms with Crippen molar-refractivity contribution in [2.45, 2.75) is 12.0 Å². The summed E-state index contributed by atoms with van der Waals surface area (Å²) in [5.41, 5.74) is -0.537. The Bertz CT molecular complexity index is 934. The Morgan fingerprint density at radius 1 is 1.22 bits per heavy atom. The maximum Gasteiger partial charge on any atom is 0.342 e. The van der Waals surface area contributed by atoms with Crippen molar-refractivity contribution in [3.8, 4) is 11.5 Å². The predicted octanol–water partition coefficient (Wildman–Crippen LogP) is 3.64. The number of aliphatic hydroxyl groups is 1. The predicted molar refractivity (Wildman–Crippen MR) is 98.0 cm³/mol. The molecule has 1 heterocycles. The van der Waals surface area contributed by atoms with E-state index >= 15 is 0 Å². The summed E-state index contributed by atoms with van der Waals surface area (Å²) in [6, 6.07) is 14.9. The van der Waals surface area contributed by atoms with Crippen LogP contribution < -0.4 is 0 Å². The summed E-state index contributed by atoms with van der Waals surface area (Å²) in [6.07, 6.45) is 4.13. The largest absolute Gasteiger partial charge is 0.467 e. The zero-order valence-electron chi connectivity index (χ0n) is 14.6. The molecular formula is C21H18FNO4. The normalized spacial score (nSPS) is 13.4. The van der Waals surface area contributed by atoms with Crippen LogP contribution in [0.2, 0.25) is 0 Å². The van der Waals surface area contributed by atoms with Gasteiger partial charge < -0.3 is 14.3 Å². The molecule has 1 aromatic heterocycles. The maximum atomic E-state index is 13.0. The van der Waals surface area contributed by atoms with Crippen LogP contribution in [0.25, 0.3) is 17.5 Å². The van der Waals surface area contributed by atoms with Crippen molar-refractivity contribution < 1.29 is 23.4 Å². The fourth-order valence-corrected chi connectivity index (χ4v) is 2.55. The van der Waals surface area contributed by atoms with Crippen LogP contribution >= 0.6 is 0 Å². The van der Waals surface area contributed by atoms with E-state index in [1.165, 1.54) is 49.7 Å². The molecule has 0 fully saturated rings. The fraction of sp³-hybridized carbons (Fsp3) is 0.143. The van der Waals surface area contributed by atoms with Crippen molar-refractivity contribution in [2.75, 3.05) is 7.11 Å². The van der Waals surface area contributed by atoms with Gasteiger partial charge in [0.05, 0.1) is 19.7 Å². The lowest BCUT2D eigenvalue weighted by atomic mass is 9.97. The van der Waals surface area contributed by atoms with Crippen molar-refractivity contribution in [2.24, 2.45) is 0 Å². The van der Waals surface area contributed by atoms with E-state index in [4.69, 9.17) is 9.15 Å². The summed E-state index contributed by atoms with van der Waals surface area (Å²) in [5, 5.41) is 10.8. The van der Waals surface area contributed by atoms with E-state index < -0.39 is 11.6 Å². The number of halogens is 1. The van der Waals surface area contributed by atoms with Gasteiger partial charge in [-0.05, 0) is 35.9 Å². The number of hydrogen-bond donors (Lipinski definition) is 1. The number of ether oxygens (including phenoxy) is 1. The first-order chi connectivity index (χ1) is 13.0. The Balaban J connectivity index is 1.83. The van der Waals surface area contributed by atoms with E-state index in [2.05, 4.69) is 4.98 Å². The minimum absolute atomic E-state index is 0.156. The Labute approximate surface area is 155 Å². The summed E-state index contributed by atoms with van der Waals surface area (Å²) in [5.74, 6) is -0.491. The van der Waals surface area contributed by atoms with E-state index in [0.29, 0.717) is 17.2 Å². The molecule has 0 amide bonds. The minimum atomic E-state index is -1.95. The smallest absolute Gasteiger partial charge is 0.342 e. The summed E-state index contributed by atoms with van der Waals surface area (Å²) in [4.78, 5) is 16.3. The van der Waals surface area contributed by atoms with Gasteiger partial charge in [0.15, 0.2) is 5.60 Å². The number of hydrogen-bond acceptors (Lipinski definition) is 5. The van der Waals surface area contributed by atoms with Crippen LogP contribution in [0, 0.1) is 5.82 Å². The molecule has 0 saturated carbocycles. The SMILES string of the molecule is COC(=O)[C@](O)(/C=C/c1ccc(F)cc1)Cc1cnc(-c2ccccc2)o1. The molecule has 5 nitrogen and oxygen atoms in total. The molecule has 138 valence electrons. The first-order valence-corrected chi connectivity index (χ1v) is 8.26. The standard InChI is InChI=1S/C21H18FNO4/c1-26-20(24)21(25,12-11-15-7-9-17(22)10-8-15)13-18-14-23-19(27-18)16-5-3-2-4-6-16/h2-12,14,25H,13H2,1H3/b12-11+/t21-/m0/s1. The third-order valence-electron chi connectivity index (χ3n) is 3.98. The number of oxazole rings is 1. The zero-order valence-corrected chi connectivity index (χ0v) is 14.6. The lowest BCUT2D eigenvalue weighted by molar-refractivity contribution is -0.157. The molecule has 1 N–H and O–H groups in total. The van der Waals surface area contributed by atoms with Crippen molar-refractivity contribution in [3.63, 3.8) is 0 Å². The second-order valence-corrected chi connectivity index (χ2v) is 5.98. The van der Waals surface area contributed by atoms with Crippen molar-refractivity contribution in [1.82, 2.24) is 4.98 Å². The van der Waals surface area contributed by atoms with E-state index in [0.717, 1.165) is 5.56 Å². The van der Waals surface area contributed by atoms with Gasteiger partial charge in [0.1, 0.15) is 11.6 Å². The van der Waals surface area contributed by atoms with Crippen LogP contribution in [0.1, 0.15) is 11.3 Å².